The standard InChI is InChI=1S/C12H15BrClNOS/c1-16-12-10(13)4-9(14)5-11(12)15-6-8-2-3-17-7-8/h4-5,8,15H,2-3,6-7H2,1H3. The van der Waals surface area contributed by atoms with Crippen LogP contribution in [0.25, 0.3) is 0 Å². The predicted molar refractivity (Wildman–Crippen MR) is 79.6 cm³/mol. The van der Waals surface area contributed by atoms with Crippen LogP contribution in [0.3, 0.4) is 0 Å². The summed E-state index contributed by atoms with van der Waals surface area (Å²) in [4.78, 5) is 0. The summed E-state index contributed by atoms with van der Waals surface area (Å²) in [5.41, 5.74) is 0.962. The van der Waals surface area contributed by atoms with Crippen LogP contribution in [0.15, 0.2) is 16.6 Å². The van der Waals surface area contributed by atoms with Crippen molar-refractivity contribution in [1.29, 1.82) is 0 Å². The molecule has 1 heterocycles. The van der Waals surface area contributed by atoms with Crippen molar-refractivity contribution in [3.63, 3.8) is 0 Å². The lowest BCUT2D eigenvalue weighted by Gasteiger charge is -2.15. The molecule has 2 nitrogen and oxygen atoms in total. The van der Waals surface area contributed by atoms with Gasteiger partial charge >= 0.3 is 0 Å². The van der Waals surface area contributed by atoms with Crippen molar-refractivity contribution in [2.24, 2.45) is 5.92 Å². The van der Waals surface area contributed by atoms with Gasteiger partial charge in [-0.15, -0.1) is 0 Å². The Morgan fingerprint density at radius 2 is 2.41 bits per heavy atom. The van der Waals surface area contributed by atoms with Crippen molar-refractivity contribution in [1.82, 2.24) is 0 Å². The Morgan fingerprint density at radius 3 is 3.06 bits per heavy atom. The first-order valence-electron chi connectivity index (χ1n) is 5.55. The van der Waals surface area contributed by atoms with Gasteiger partial charge in [0.05, 0.1) is 17.3 Å². The molecule has 1 saturated heterocycles. The molecule has 0 spiro atoms. The zero-order valence-corrected chi connectivity index (χ0v) is 12.8. The lowest BCUT2D eigenvalue weighted by molar-refractivity contribution is 0.413. The third kappa shape index (κ3) is 3.46. The van der Waals surface area contributed by atoms with Crippen LogP contribution in [0, 0.1) is 5.92 Å². The van der Waals surface area contributed by atoms with Gasteiger partial charge in [-0.3, -0.25) is 0 Å². The van der Waals surface area contributed by atoms with E-state index in [0.717, 1.165) is 28.4 Å². The van der Waals surface area contributed by atoms with Crippen molar-refractivity contribution < 1.29 is 4.74 Å². The number of ether oxygens (including phenoxy) is 1. The van der Waals surface area contributed by atoms with Gasteiger partial charge in [0.2, 0.25) is 0 Å². The second-order valence-electron chi connectivity index (χ2n) is 4.08. The van der Waals surface area contributed by atoms with E-state index in [1.54, 1.807) is 7.11 Å². The average molecular weight is 337 g/mol. The Bertz CT molecular complexity index is 396. The van der Waals surface area contributed by atoms with Gasteiger partial charge in [0.1, 0.15) is 0 Å². The minimum absolute atomic E-state index is 0.709. The average Bonchev–Trinajstić information content (AvgIpc) is 2.78. The highest BCUT2D eigenvalue weighted by Gasteiger charge is 2.16. The number of rotatable bonds is 4. The molecule has 1 atom stereocenters. The Balaban J connectivity index is 2.07. The molecule has 2 rings (SSSR count). The summed E-state index contributed by atoms with van der Waals surface area (Å²) in [6, 6.07) is 3.75. The number of methoxy groups -OCH3 is 1. The molecule has 0 aliphatic carbocycles. The van der Waals surface area contributed by atoms with Gasteiger partial charge in [-0.1, -0.05) is 11.6 Å². The molecule has 17 heavy (non-hydrogen) atoms. The Labute approximate surface area is 120 Å². The molecule has 0 aromatic heterocycles. The highest BCUT2D eigenvalue weighted by Crippen LogP contribution is 2.36. The van der Waals surface area contributed by atoms with Gasteiger partial charge in [-0.05, 0) is 51.9 Å². The maximum Gasteiger partial charge on any atom is 0.156 e. The number of nitrogens with one attached hydrogen (secondary N) is 1. The summed E-state index contributed by atoms with van der Waals surface area (Å²) >= 11 is 11.5. The van der Waals surface area contributed by atoms with Crippen LogP contribution in [0.2, 0.25) is 5.02 Å². The SMILES string of the molecule is COc1c(Br)cc(Cl)cc1NCC1CCSC1. The molecule has 1 unspecified atom stereocenters. The second kappa shape index (κ2) is 6.21. The highest BCUT2D eigenvalue weighted by molar-refractivity contribution is 9.10. The van der Waals surface area contributed by atoms with Crippen molar-refractivity contribution in [3.05, 3.63) is 21.6 Å². The second-order valence-corrected chi connectivity index (χ2v) is 6.52. The van der Waals surface area contributed by atoms with Crippen LogP contribution < -0.4 is 10.1 Å². The van der Waals surface area contributed by atoms with E-state index >= 15 is 0 Å². The van der Waals surface area contributed by atoms with Gasteiger partial charge in [-0.2, -0.15) is 11.8 Å². The van der Waals surface area contributed by atoms with E-state index in [-0.39, 0.29) is 0 Å². The molecule has 0 bridgehead atoms. The molecule has 1 aromatic carbocycles. The number of halogens is 2. The van der Waals surface area contributed by atoms with E-state index in [1.807, 2.05) is 23.9 Å². The summed E-state index contributed by atoms with van der Waals surface area (Å²) in [5, 5.41) is 4.14. The summed E-state index contributed by atoms with van der Waals surface area (Å²) in [6.07, 6.45) is 1.29. The van der Waals surface area contributed by atoms with Crippen LogP contribution in [0.1, 0.15) is 6.42 Å². The molecular weight excluding hydrogens is 322 g/mol. The van der Waals surface area contributed by atoms with E-state index in [1.165, 1.54) is 17.9 Å². The van der Waals surface area contributed by atoms with E-state index in [2.05, 4.69) is 21.2 Å². The lowest BCUT2D eigenvalue weighted by atomic mass is 10.1. The van der Waals surface area contributed by atoms with Crippen LogP contribution >= 0.6 is 39.3 Å². The van der Waals surface area contributed by atoms with Crippen molar-refractivity contribution in [2.75, 3.05) is 30.5 Å². The van der Waals surface area contributed by atoms with Gasteiger partial charge in [0.15, 0.2) is 5.75 Å². The normalized spacial score (nSPS) is 19.4. The number of hydrogen-bond acceptors (Lipinski definition) is 3. The maximum atomic E-state index is 6.04. The van der Waals surface area contributed by atoms with E-state index in [9.17, 15) is 0 Å². The zero-order valence-electron chi connectivity index (χ0n) is 9.63. The van der Waals surface area contributed by atoms with E-state index in [4.69, 9.17) is 16.3 Å². The molecule has 0 saturated carbocycles. The van der Waals surface area contributed by atoms with Crippen LogP contribution in [0.4, 0.5) is 5.69 Å². The van der Waals surface area contributed by atoms with Gasteiger partial charge in [-0.25, -0.2) is 0 Å². The Hall–Kier alpha value is -0.0600. The smallest absolute Gasteiger partial charge is 0.156 e. The topological polar surface area (TPSA) is 21.3 Å². The highest BCUT2D eigenvalue weighted by atomic mass is 79.9. The minimum Gasteiger partial charge on any atom is -0.493 e. The van der Waals surface area contributed by atoms with Crippen molar-refractivity contribution in [2.45, 2.75) is 6.42 Å². The van der Waals surface area contributed by atoms with Crippen LogP contribution in [-0.4, -0.2) is 25.2 Å². The molecule has 1 fully saturated rings. The first-order chi connectivity index (χ1) is 8.20. The first kappa shape index (κ1) is 13.4. The Kier molecular flexibility index (Phi) is 4.88. The van der Waals surface area contributed by atoms with Gasteiger partial charge in [0.25, 0.3) is 0 Å². The van der Waals surface area contributed by atoms with Gasteiger partial charge < -0.3 is 10.1 Å². The summed E-state index contributed by atoms with van der Waals surface area (Å²) in [7, 11) is 1.67. The maximum absolute atomic E-state index is 6.04. The molecule has 0 amide bonds. The van der Waals surface area contributed by atoms with Gasteiger partial charge in [0, 0.05) is 11.6 Å². The summed E-state index contributed by atoms with van der Waals surface area (Å²) in [5.74, 6) is 4.10. The molecule has 0 radical (unpaired) electrons. The molecular formula is C12H15BrClNOS. The molecule has 1 aliphatic rings. The first-order valence-corrected chi connectivity index (χ1v) is 7.88. The predicted octanol–water partition coefficient (Wildman–Crippen LogP) is 4.28. The van der Waals surface area contributed by atoms with E-state index in [0.29, 0.717) is 5.02 Å². The van der Waals surface area contributed by atoms with Crippen LogP contribution in [0.5, 0.6) is 5.75 Å². The fraction of sp³-hybridized carbons (Fsp3) is 0.500. The van der Waals surface area contributed by atoms with E-state index < -0.39 is 0 Å². The molecule has 1 aliphatic heterocycles. The quantitative estimate of drug-likeness (QED) is 0.887. The summed E-state index contributed by atoms with van der Waals surface area (Å²) in [6.45, 7) is 0.982. The number of thioether (sulfide) groups is 1. The molecule has 1 N–H and O–H groups in total. The monoisotopic (exact) mass is 335 g/mol. The number of benzene rings is 1. The third-order valence-electron chi connectivity index (χ3n) is 2.82. The fourth-order valence-electron chi connectivity index (χ4n) is 1.90. The number of hydrogen-bond donors (Lipinski definition) is 1. The largest absolute Gasteiger partial charge is 0.493 e. The molecule has 5 heteroatoms. The fourth-order valence-corrected chi connectivity index (χ4v) is 4.15. The van der Waals surface area contributed by atoms with Crippen molar-refractivity contribution >= 4 is 45.0 Å². The van der Waals surface area contributed by atoms with Crippen molar-refractivity contribution in [3.8, 4) is 5.75 Å². The zero-order chi connectivity index (χ0) is 12.3. The third-order valence-corrected chi connectivity index (χ3v) is 4.86. The number of anilines is 1. The minimum atomic E-state index is 0.709. The lowest BCUT2D eigenvalue weighted by Crippen LogP contribution is -2.14. The summed E-state index contributed by atoms with van der Waals surface area (Å²) < 4.78 is 6.26. The molecule has 1 aromatic rings. The van der Waals surface area contributed by atoms with Crippen LogP contribution in [-0.2, 0) is 0 Å². The molecule has 94 valence electrons. The Morgan fingerprint density at radius 1 is 1.59 bits per heavy atom.